The van der Waals surface area contributed by atoms with Gasteiger partial charge in [0.05, 0.1) is 23.8 Å². The van der Waals surface area contributed by atoms with Crippen molar-refractivity contribution in [2.75, 3.05) is 5.32 Å². The van der Waals surface area contributed by atoms with Crippen LogP contribution in [0, 0.1) is 0 Å². The molecule has 1 aromatic carbocycles. The van der Waals surface area contributed by atoms with Crippen molar-refractivity contribution < 1.29 is 0 Å². The lowest BCUT2D eigenvalue weighted by molar-refractivity contribution is 0.590. The average Bonchev–Trinajstić information content (AvgIpc) is 3.39. The van der Waals surface area contributed by atoms with Crippen LogP contribution >= 0.6 is 0 Å². The molecule has 0 saturated carbocycles. The van der Waals surface area contributed by atoms with Crippen molar-refractivity contribution in [2.24, 2.45) is 7.05 Å². The molecule has 4 heterocycles. The van der Waals surface area contributed by atoms with Crippen molar-refractivity contribution in [3.8, 4) is 22.5 Å². The lowest BCUT2D eigenvalue weighted by Gasteiger charge is -2.20. The molecule has 0 fully saturated rings. The zero-order chi connectivity index (χ0) is 22.3. The first-order valence-electron chi connectivity index (χ1n) is 10.7. The van der Waals surface area contributed by atoms with Crippen LogP contribution in [0.2, 0.25) is 0 Å². The summed E-state index contributed by atoms with van der Waals surface area (Å²) < 4.78 is 3.86. The second-order valence-electron chi connectivity index (χ2n) is 9.05. The highest BCUT2D eigenvalue weighted by atomic mass is 15.2. The molecule has 0 aliphatic carbocycles. The van der Waals surface area contributed by atoms with E-state index < -0.39 is 0 Å². The van der Waals surface area contributed by atoms with E-state index in [-0.39, 0.29) is 5.41 Å². The zero-order valence-corrected chi connectivity index (χ0v) is 18.7. The highest BCUT2D eigenvalue weighted by Gasteiger charge is 2.14. The Morgan fingerprint density at radius 1 is 0.906 bits per heavy atom. The second-order valence-corrected chi connectivity index (χ2v) is 9.05. The predicted octanol–water partition coefficient (Wildman–Crippen LogP) is 5.84. The quantitative estimate of drug-likeness (QED) is 0.395. The van der Waals surface area contributed by atoms with Gasteiger partial charge in [-0.25, -0.2) is 9.97 Å². The molecule has 4 aromatic heterocycles. The minimum absolute atomic E-state index is 0.0954. The van der Waals surface area contributed by atoms with Gasteiger partial charge in [0.2, 0.25) is 0 Å². The molecule has 0 bridgehead atoms. The lowest BCUT2D eigenvalue weighted by atomic mass is 9.87. The fourth-order valence-corrected chi connectivity index (χ4v) is 3.78. The number of nitrogens with one attached hydrogen (secondary N) is 1. The van der Waals surface area contributed by atoms with Gasteiger partial charge in [-0.1, -0.05) is 39.0 Å². The van der Waals surface area contributed by atoms with E-state index in [4.69, 9.17) is 4.98 Å². The fraction of sp³-hybridized carbons (Fsp3) is 0.192. The van der Waals surface area contributed by atoms with E-state index in [1.54, 1.807) is 4.68 Å². The van der Waals surface area contributed by atoms with Crippen LogP contribution in [0.5, 0.6) is 0 Å². The Labute approximate surface area is 187 Å². The number of imidazole rings is 1. The summed E-state index contributed by atoms with van der Waals surface area (Å²) in [5.74, 6) is 0.801. The molecule has 160 valence electrons. The van der Waals surface area contributed by atoms with Crippen LogP contribution in [-0.2, 0) is 12.5 Å². The first-order chi connectivity index (χ1) is 15.4. The van der Waals surface area contributed by atoms with E-state index >= 15 is 0 Å². The Balaban J connectivity index is 1.45. The van der Waals surface area contributed by atoms with Crippen LogP contribution in [0.4, 0.5) is 11.5 Å². The van der Waals surface area contributed by atoms with Crippen LogP contribution in [0.1, 0.15) is 26.3 Å². The summed E-state index contributed by atoms with van der Waals surface area (Å²) in [4.78, 5) is 9.47. The molecule has 6 heteroatoms. The van der Waals surface area contributed by atoms with E-state index in [9.17, 15) is 0 Å². The van der Waals surface area contributed by atoms with Gasteiger partial charge in [-0.15, -0.1) is 0 Å². The van der Waals surface area contributed by atoms with Crippen molar-refractivity contribution in [1.82, 2.24) is 24.1 Å². The maximum atomic E-state index is 4.85. The monoisotopic (exact) mass is 422 g/mol. The molecule has 1 N–H and O–H groups in total. The molecule has 0 aliphatic heterocycles. The number of aromatic nitrogens is 5. The SMILES string of the molecule is Cn1cc(-c2ccn3c(-c4cccc(Nc5cccc(C(C)(C)C)c5)n4)cnc3c2)cn1. The van der Waals surface area contributed by atoms with Gasteiger partial charge in [0.1, 0.15) is 11.5 Å². The number of nitrogens with zero attached hydrogens (tertiary/aromatic N) is 5. The van der Waals surface area contributed by atoms with E-state index in [0.29, 0.717) is 0 Å². The summed E-state index contributed by atoms with van der Waals surface area (Å²) in [5.41, 5.74) is 7.25. The number of benzene rings is 1. The molecule has 5 rings (SSSR count). The maximum absolute atomic E-state index is 4.85. The van der Waals surface area contributed by atoms with Gasteiger partial charge in [-0.2, -0.15) is 5.10 Å². The minimum atomic E-state index is 0.0954. The molecule has 5 aromatic rings. The molecule has 0 atom stereocenters. The molecule has 32 heavy (non-hydrogen) atoms. The maximum Gasteiger partial charge on any atom is 0.137 e. The molecular weight excluding hydrogens is 396 g/mol. The Morgan fingerprint density at radius 2 is 1.75 bits per heavy atom. The Bertz CT molecular complexity index is 1400. The zero-order valence-electron chi connectivity index (χ0n) is 18.7. The van der Waals surface area contributed by atoms with E-state index in [2.05, 4.69) is 77.0 Å². The normalized spacial score (nSPS) is 11.8. The minimum Gasteiger partial charge on any atom is -0.340 e. The average molecular weight is 423 g/mol. The summed E-state index contributed by atoms with van der Waals surface area (Å²) in [6.45, 7) is 6.65. The Morgan fingerprint density at radius 3 is 2.53 bits per heavy atom. The molecule has 6 nitrogen and oxygen atoms in total. The fourth-order valence-electron chi connectivity index (χ4n) is 3.78. The smallest absolute Gasteiger partial charge is 0.137 e. The van der Waals surface area contributed by atoms with Gasteiger partial charge in [-0.05, 0) is 52.9 Å². The van der Waals surface area contributed by atoms with Gasteiger partial charge in [0.25, 0.3) is 0 Å². The van der Waals surface area contributed by atoms with Crippen LogP contribution in [0.3, 0.4) is 0 Å². The van der Waals surface area contributed by atoms with Crippen molar-refractivity contribution in [1.29, 1.82) is 0 Å². The number of rotatable bonds is 4. The molecular formula is C26H26N6. The first-order valence-corrected chi connectivity index (χ1v) is 10.7. The third-order valence-electron chi connectivity index (χ3n) is 5.56. The predicted molar refractivity (Wildman–Crippen MR) is 129 cm³/mol. The highest BCUT2D eigenvalue weighted by Crippen LogP contribution is 2.28. The van der Waals surface area contributed by atoms with Crippen LogP contribution in [0.25, 0.3) is 28.2 Å². The van der Waals surface area contributed by atoms with Gasteiger partial charge in [0.15, 0.2) is 0 Å². The first kappa shape index (κ1) is 20.0. The number of aryl methyl sites for hydroxylation is 1. The lowest BCUT2D eigenvalue weighted by Crippen LogP contribution is -2.11. The number of hydrogen-bond donors (Lipinski definition) is 1. The summed E-state index contributed by atoms with van der Waals surface area (Å²) in [6.07, 6.45) is 7.77. The molecule has 0 saturated heterocycles. The van der Waals surface area contributed by atoms with Gasteiger partial charge in [-0.3, -0.25) is 9.08 Å². The highest BCUT2D eigenvalue weighted by molar-refractivity contribution is 5.70. The van der Waals surface area contributed by atoms with E-state index in [0.717, 1.165) is 39.7 Å². The van der Waals surface area contributed by atoms with Crippen LogP contribution in [-0.4, -0.2) is 24.1 Å². The van der Waals surface area contributed by atoms with Gasteiger partial charge < -0.3 is 5.32 Å². The number of anilines is 2. The van der Waals surface area contributed by atoms with Crippen molar-refractivity contribution in [3.63, 3.8) is 0 Å². The van der Waals surface area contributed by atoms with Crippen LogP contribution < -0.4 is 5.32 Å². The number of hydrogen-bond acceptors (Lipinski definition) is 4. The largest absolute Gasteiger partial charge is 0.340 e. The summed E-state index contributed by atoms with van der Waals surface area (Å²) in [7, 11) is 1.92. The number of fused-ring (bicyclic) bond motifs is 1. The summed E-state index contributed by atoms with van der Waals surface area (Å²) >= 11 is 0. The van der Waals surface area contributed by atoms with Gasteiger partial charge >= 0.3 is 0 Å². The molecule has 0 amide bonds. The van der Waals surface area contributed by atoms with Gasteiger partial charge in [0, 0.05) is 30.7 Å². The van der Waals surface area contributed by atoms with Crippen LogP contribution in [0.15, 0.2) is 79.4 Å². The van der Waals surface area contributed by atoms with E-state index in [1.807, 2.05) is 50.0 Å². The molecule has 0 unspecified atom stereocenters. The van der Waals surface area contributed by atoms with E-state index in [1.165, 1.54) is 5.56 Å². The number of pyridine rings is 2. The third-order valence-corrected chi connectivity index (χ3v) is 5.56. The van der Waals surface area contributed by atoms with Crippen molar-refractivity contribution in [2.45, 2.75) is 26.2 Å². The van der Waals surface area contributed by atoms with Crippen molar-refractivity contribution >= 4 is 17.2 Å². The summed E-state index contributed by atoms with van der Waals surface area (Å²) in [6, 6.07) is 18.6. The Kier molecular flexibility index (Phi) is 4.78. The van der Waals surface area contributed by atoms with Crippen molar-refractivity contribution in [3.05, 3.63) is 84.9 Å². The molecule has 0 aliphatic rings. The third kappa shape index (κ3) is 3.87. The topological polar surface area (TPSA) is 60.0 Å². The molecule has 0 spiro atoms. The second kappa shape index (κ2) is 7.64. The summed E-state index contributed by atoms with van der Waals surface area (Å²) in [5, 5.41) is 7.71. The molecule has 0 radical (unpaired) electrons. The standard InChI is InChI=1S/C26H26N6/c1-26(2,3)20-7-5-8-21(14-20)29-24-10-6-9-22(30-24)23-16-27-25-13-18(11-12-32(23)25)19-15-28-31(4)17-19/h5-17H,1-4H3,(H,29,30). The Hall–Kier alpha value is -3.93.